The van der Waals surface area contributed by atoms with Gasteiger partial charge in [-0.3, -0.25) is 4.79 Å². The van der Waals surface area contributed by atoms with E-state index in [1.54, 1.807) is 0 Å². The lowest BCUT2D eigenvalue weighted by molar-refractivity contribution is -0.140. The molecule has 4 nitrogen and oxygen atoms in total. The van der Waals surface area contributed by atoms with Crippen LogP contribution in [0.15, 0.2) is 0 Å². The smallest absolute Gasteiger partial charge is 0.338 e. The summed E-state index contributed by atoms with van der Waals surface area (Å²) >= 11 is 5.00. The van der Waals surface area contributed by atoms with Crippen LogP contribution in [0.3, 0.4) is 0 Å². The number of esters is 1. The molecule has 1 rings (SSSR count). The maximum atomic E-state index is 10.6. The Kier molecular flexibility index (Phi) is 2.24. The summed E-state index contributed by atoms with van der Waals surface area (Å²) < 4.78 is 9.09. The number of rotatable bonds is 2. The van der Waals surface area contributed by atoms with Gasteiger partial charge in [-0.2, -0.15) is 0 Å². The van der Waals surface area contributed by atoms with Crippen LogP contribution in [-0.4, -0.2) is 24.1 Å². The quantitative estimate of drug-likeness (QED) is 0.427. The highest BCUT2D eigenvalue weighted by Crippen LogP contribution is 2.10. The molecule has 1 saturated heterocycles. The number of carbonyl (C=O) groups is 2. The second-order valence-corrected chi connectivity index (χ2v) is 2.22. The number of cyclic esters (lactones) is 1. The fraction of sp³-hybridized carbons (Fsp3) is 0.600. The van der Waals surface area contributed by atoms with Gasteiger partial charge in [0.1, 0.15) is 0 Å². The molecule has 0 aliphatic carbocycles. The van der Waals surface area contributed by atoms with E-state index in [0.29, 0.717) is 0 Å². The zero-order valence-corrected chi connectivity index (χ0v) is 5.76. The third-order valence-corrected chi connectivity index (χ3v) is 1.23. The van der Waals surface area contributed by atoms with Crippen molar-refractivity contribution in [1.29, 1.82) is 0 Å². The SMILES string of the molecule is O=C(Cl)CC1OCOC1=O. The third-order valence-electron chi connectivity index (χ3n) is 1.08. The Morgan fingerprint density at radius 2 is 2.50 bits per heavy atom. The average molecular weight is 165 g/mol. The first-order valence-electron chi connectivity index (χ1n) is 2.66. The Balaban J connectivity index is 2.40. The fourth-order valence-corrected chi connectivity index (χ4v) is 0.763. The normalized spacial score (nSPS) is 24.5. The van der Waals surface area contributed by atoms with Gasteiger partial charge >= 0.3 is 5.97 Å². The zero-order valence-electron chi connectivity index (χ0n) is 5.00. The van der Waals surface area contributed by atoms with E-state index in [1.165, 1.54) is 0 Å². The summed E-state index contributed by atoms with van der Waals surface area (Å²) in [4.78, 5) is 20.8. The molecule has 1 aliphatic rings. The van der Waals surface area contributed by atoms with Crippen LogP contribution in [0, 0.1) is 0 Å². The zero-order chi connectivity index (χ0) is 7.56. The molecule has 0 aromatic carbocycles. The van der Waals surface area contributed by atoms with E-state index in [2.05, 4.69) is 4.74 Å². The summed E-state index contributed by atoms with van der Waals surface area (Å²) in [6.07, 6.45) is -0.898. The van der Waals surface area contributed by atoms with Gasteiger partial charge in [0.2, 0.25) is 5.24 Å². The molecule has 56 valence electrons. The Bertz CT molecular complexity index is 167. The molecule has 1 atom stereocenters. The maximum absolute atomic E-state index is 10.6. The number of hydrogen-bond acceptors (Lipinski definition) is 4. The minimum atomic E-state index is -0.787. The van der Waals surface area contributed by atoms with E-state index in [0.717, 1.165) is 0 Å². The van der Waals surface area contributed by atoms with Crippen molar-refractivity contribution in [3.8, 4) is 0 Å². The molecule has 10 heavy (non-hydrogen) atoms. The van der Waals surface area contributed by atoms with E-state index in [1.807, 2.05) is 0 Å². The summed E-state index contributed by atoms with van der Waals surface area (Å²) in [5, 5.41) is -0.594. The van der Waals surface area contributed by atoms with Gasteiger partial charge in [0, 0.05) is 0 Å². The second-order valence-electron chi connectivity index (χ2n) is 1.80. The van der Waals surface area contributed by atoms with Crippen LogP contribution in [0.5, 0.6) is 0 Å². The average Bonchev–Trinajstić information content (AvgIpc) is 2.15. The van der Waals surface area contributed by atoms with Crippen LogP contribution < -0.4 is 0 Å². The second kappa shape index (κ2) is 2.98. The van der Waals surface area contributed by atoms with Crippen LogP contribution in [0.2, 0.25) is 0 Å². The van der Waals surface area contributed by atoms with Gasteiger partial charge in [0.25, 0.3) is 0 Å². The lowest BCUT2D eigenvalue weighted by Gasteiger charge is -1.97. The van der Waals surface area contributed by atoms with Crippen LogP contribution in [0.25, 0.3) is 0 Å². The first-order chi connectivity index (χ1) is 4.70. The number of carbonyl (C=O) groups excluding carboxylic acids is 2. The molecule has 0 radical (unpaired) electrons. The topological polar surface area (TPSA) is 52.6 Å². The first kappa shape index (κ1) is 7.50. The molecule has 5 heteroatoms. The number of ether oxygens (including phenoxy) is 2. The standard InChI is InChI=1S/C5H5ClO4/c6-4(7)1-3-5(8)10-2-9-3/h3H,1-2H2. The third kappa shape index (κ3) is 1.68. The largest absolute Gasteiger partial charge is 0.437 e. The highest BCUT2D eigenvalue weighted by atomic mass is 35.5. The lowest BCUT2D eigenvalue weighted by atomic mass is 10.3. The van der Waals surface area contributed by atoms with Gasteiger partial charge in [-0.15, -0.1) is 0 Å². The summed E-state index contributed by atoms with van der Waals surface area (Å²) in [6, 6.07) is 0. The Labute approximate surface area is 62.0 Å². The van der Waals surface area contributed by atoms with Crippen molar-refractivity contribution in [2.75, 3.05) is 6.79 Å². The maximum Gasteiger partial charge on any atom is 0.338 e. The molecular formula is C5H5ClO4. The van der Waals surface area contributed by atoms with E-state index in [4.69, 9.17) is 16.3 Å². The van der Waals surface area contributed by atoms with Crippen LogP contribution in [0.4, 0.5) is 0 Å². The number of hydrogen-bond donors (Lipinski definition) is 0. The van der Waals surface area contributed by atoms with Crippen molar-refractivity contribution < 1.29 is 19.1 Å². The van der Waals surface area contributed by atoms with Crippen molar-refractivity contribution in [2.24, 2.45) is 0 Å². The minimum absolute atomic E-state index is 0.0757. The van der Waals surface area contributed by atoms with Gasteiger partial charge in [0.05, 0.1) is 6.42 Å². The van der Waals surface area contributed by atoms with Crippen molar-refractivity contribution in [3.05, 3.63) is 0 Å². The van der Waals surface area contributed by atoms with Gasteiger partial charge in [0.15, 0.2) is 12.9 Å². The van der Waals surface area contributed by atoms with Crippen molar-refractivity contribution in [3.63, 3.8) is 0 Å². The Morgan fingerprint density at radius 3 is 2.90 bits per heavy atom. The highest BCUT2D eigenvalue weighted by molar-refractivity contribution is 6.63. The van der Waals surface area contributed by atoms with Crippen molar-refractivity contribution >= 4 is 22.8 Å². The number of halogens is 1. The summed E-state index contributed by atoms with van der Waals surface area (Å²) in [5.41, 5.74) is 0. The molecule has 1 heterocycles. The van der Waals surface area contributed by atoms with Gasteiger partial charge in [-0.05, 0) is 11.6 Å². The molecule has 0 bridgehead atoms. The molecule has 0 aromatic rings. The molecule has 0 amide bonds. The predicted molar refractivity (Wildman–Crippen MR) is 31.3 cm³/mol. The lowest BCUT2D eigenvalue weighted by Crippen LogP contribution is -2.18. The van der Waals surface area contributed by atoms with E-state index < -0.39 is 17.3 Å². The van der Waals surface area contributed by atoms with E-state index in [-0.39, 0.29) is 13.2 Å². The molecule has 0 saturated carbocycles. The molecular weight excluding hydrogens is 160 g/mol. The van der Waals surface area contributed by atoms with Crippen molar-refractivity contribution in [1.82, 2.24) is 0 Å². The van der Waals surface area contributed by atoms with Crippen LogP contribution >= 0.6 is 11.6 Å². The summed E-state index contributed by atoms with van der Waals surface area (Å²) in [7, 11) is 0. The Morgan fingerprint density at radius 1 is 1.80 bits per heavy atom. The van der Waals surface area contributed by atoms with Crippen molar-refractivity contribution in [2.45, 2.75) is 12.5 Å². The molecule has 1 fully saturated rings. The van der Waals surface area contributed by atoms with Crippen LogP contribution in [0.1, 0.15) is 6.42 Å². The molecule has 0 spiro atoms. The van der Waals surface area contributed by atoms with Gasteiger partial charge in [-0.1, -0.05) is 0 Å². The van der Waals surface area contributed by atoms with Crippen LogP contribution in [-0.2, 0) is 19.1 Å². The highest BCUT2D eigenvalue weighted by Gasteiger charge is 2.28. The molecule has 1 aliphatic heterocycles. The minimum Gasteiger partial charge on any atom is -0.437 e. The van der Waals surface area contributed by atoms with Gasteiger partial charge < -0.3 is 9.47 Å². The molecule has 0 N–H and O–H groups in total. The summed E-state index contributed by atoms with van der Waals surface area (Å²) in [5.74, 6) is -0.519. The predicted octanol–water partition coefficient (Wildman–Crippen LogP) is 0.0414. The van der Waals surface area contributed by atoms with Gasteiger partial charge in [-0.25, -0.2) is 4.79 Å². The Hall–Kier alpha value is -0.610. The molecule has 1 unspecified atom stereocenters. The van der Waals surface area contributed by atoms with E-state index in [9.17, 15) is 9.59 Å². The fourth-order valence-electron chi connectivity index (χ4n) is 0.623. The monoisotopic (exact) mass is 164 g/mol. The first-order valence-corrected chi connectivity index (χ1v) is 3.04. The summed E-state index contributed by atoms with van der Waals surface area (Å²) in [6.45, 7) is -0.0757. The van der Waals surface area contributed by atoms with E-state index >= 15 is 0 Å². The molecule has 0 aromatic heterocycles.